The number of carbonyl (C=O) groups is 1. The average molecular weight is 229 g/mol. The Labute approximate surface area is 93.6 Å². The van der Waals surface area contributed by atoms with Crippen LogP contribution in [0.2, 0.25) is 0 Å². The van der Waals surface area contributed by atoms with Crippen LogP contribution in [0.25, 0.3) is 0 Å². The number of nitrogens with one attached hydrogen (secondary N) is 1. The Balaban J connectivity index is 2.72. The van der Waals surface area contributed by atoms with Crippen molar-refractivity contribution in [3.63, 3.8) is 0 Å². The molecular formula is C10H13ClN2O2. The van der Waals surface area contributed by atoms with Gasteiger partial charge >= 0.3 is 0 Å². The van der Waals surface area contributed by atoms with E-state index in [0.29, 0.717) is 5.88 Å². The monoisotopic (exact) mass is 228 g/mol. The number of halogens is 1. The topological polar surface area (TPSA) is 51.2 Å². The lowest BCUT2D eigenvalue weighted by Gasteiger charge is -2.12. The first kappa shape index (κ1) is 11.8. The van der Waals surface area contributed by atoms with Gasteiger partial charge in [-0.25, -0.2) is 4.98 Å². The van der Waals surface area contributed by atoms with Crippen LogP contribution in [0.3, 0.4) is 0 Å². The summed E-state index contributed by atoms with van der Waals surface area (Å²) in [6.07, 6.45) is 0. The third-order valence-corrected chi connectivity index (χ3v) is 2.14. The summed E-state index contributed by atoms with van der Waals surface area (Å²) in [5.74, 6) is 0.266. The molecule has 0 bridgehead atoms. The minimum absolute atomic E-state index is 0.0473. The highest BCUT2D eigenvalue weighted by Crippen LogP contribution is 2.13. The SMILES string of the molecule is COc1cccc([C@H](C)NC(=O)CCl)n1. The highest BCUT2D eigenvalue weighted by molar-refractivity contribution is 6.27. The van der Waals surface area contributed by atoms with Crippen molar-refractivity contribution >= 4 is 17.5 Å². The zero-order chi connectivity index (χ0) is 11.3. The molecule has 4 nitrogen and oxygen atoms in total. The van der Waals surface area contributed by atoms with Gasteiger partial charge in [-0.05, 0) is 13.0 Å². The van der Waals surface area contributed by atoms with E-state index in [2.05, 4.69) is 10.3 Å². The molecule has 0 aliphatic heterocycles. The lowest BCUT2D eigenvalue weighted by Crippen LogP contribution is -2.28. The molecule has 0 aromatic carbocycles. The number of rotatable bonds is 4. The van der Waals surface area contributed by atoms with Crippen LogP contribution in [-0.4, -0.2) is 23.9 Å². The number of alkyl halides is 1. The average Bonchev–Trinajstić information content (AvgIpc) is 2.28. The highest BCUT2D eigenvalue weighted by atomic mass is 35.5. The second-order valence-electron chi connectivity index (χ2n) is 3.03. The van der Waals surface area contributed by atoms with Crippen molar-refractivity contribution in [2.24, 2.45) is 0 Å². The van der Waals surface area contributed by atoms with Gasteiger partial charge in [-0.15, -0.1) is 11.6 Å². The molecule has 0 saturated carbocycles. The zero-order valence-electron chi connectivity index (χ0n) is 8.66. The predicted octanol–water partition coefficient (Wildman–Crippen LogP) is 1.51. The quantitative estimate of drug-likeness (QED) is 0.795. The minimum atomic E-state index is -0.214. The highest BCUT2D eigenvalue weighted by Gasteiger charge is 2.10. The van der Waals surface area contributed by atoms with Gasteiger partial charge in [0.25, 0.3) is 0 Å². The maximum Gasteiger partial charge on any atom is 0.235 e. The predicted molar refractivity (Wildman–Crippen MR) is 58.1 cm³/mol. The van der Waals surface area contributed by atoms with E-state index in [-0.39, 0.29) is 17.8 Å². The minimum Gasteiger partial charge on any atom is -0.481 e. The molecule has 0 radical (unpaired) electrons. The first-order valence-corrected chi connectivity index (χ1v) is 5.07. The summed E-state index contributed by atoms with van der Waals surface area (Å²) < 4.78 is 4.99. The Morgan fingerprint density at radius 1 is 1.67 bits per heavy atom. The normalized spacial score (nSPS) is 11.9. The number of methoxy groups -OCH3 is 1. The molecule has 1 rings (SSSR count). The molecule has 5 heteroatoms. The molecule has 1 heterocycles. The summed E-state index contributed by atoms with van der Waals surface area (Å²) in [6.45, 7) is 1.84. The molecule has 0 aliphatic rings. The van der Waals surface area contributed by atoms with Crippen LogP contribution < -0.4 is 10.1 Å². The van der Waals surface area contributed by atoms with E-state index in [1.165, 1.54) is 0 Å². The van der Waals surface area contributed by atoms with Crippen LogP contribution in [0.5, 0.6) is 5.88 Å². The number of aromatic nitrogens is 1. The molecule has 1 aromatic heterocycles. The van der Waals surface area contributed by atoms with E-state index >= 15 is 0 Å². The van der Waals surface area contributed by atoms with E-state index in [1.807, 2.05) is 19.1 Å². The third kappa shape index (κ3) is 3.40. The van der Waals surface area contributed by atoms with Crippen LogP contribution in [0, 0.1) is 0 Å². The molecule has 1 amide bonds. The van der Waals surface area contributed by atoms with E-state index in [4.69, 9.17) is 16.3 Å². The van der Waals surface area contributed by atoms with Crippen molar-refractivity contribution in [3.05, 3.63) is 23.9 Å². The summed E-state index contributed by atoms with van der Waals surface area (Å²) in [4.78, 5) is 15.2. The number of amides is 1. The Morgan fingerprint density at radius 2 is 2.40 bits per heavy atom. The summed E-state index contributed by atoms with van der Waals surface area (Å²) >= 11 is 5.38. The molecule has 0 fully saturated rings. The van der Waals surface area contributed by atoms with Gasteiger partial charge in [0.1, 0.15) is 5.88 Å². The Morgan fingerprint density at radius 3 is 3.00 bits per heavy atom. The first-order valence-electron chi connectivity index (χ1n) is 4.53. The maximum atomic E-state index is 11.0. The molecule has 1 aromatic rings. The summed E-state index contributed by atoms with van der Waals surface area (Å²) in [7, 11) is 1.55. The molecular weight excluding hydrogens is 216 g/mol. The molecule has 1 N–H and O–H groups in total. The number of carbonyl (C=O) groups excluding carboxylic acids is 1. The molecule has 15 heavy (non-hydrogen) atoms. The molecule has 0 saturated heterocycles. The summed E-state index contributed by atoms with van der Waals surface area (Å²) in [5.41, 5.74) is 0.743. The molecule has 0 spiro atoms. The van der Waals surface area contributed by atoms with Crippen molar-refractivity contribution in [2.45, 2.75) is 13.0 Å². The molecule has 1 atom stereocenters. The Hall–Kier alpha value is -1.29. The Kier molecular flexibility index (Phi) is 4.37. The molecule has 82 valence electrons. The molecule has 0 aliphatic carbocycles. The van der Waals surface area contributed by atoms with E-state index < -0.39 is 0 Å². The van der Waals surface area contributed by atoms with Crippen molar-refractivity contribution < 1.29 is 9.53 Å². The lowest BCUT2D eigenvalue weighted by atomic mass is 10.2. The smallest absolute Gasteiger partial charge is 0.235 e. The Bertz CT molecular complexity index is 344. The fourth-order valence-corrected chi connectivity index (χ4v) is 1.22. The number of hydrogen-bond acceptors (Lipinski definition) is 3. The van der Waals surface area contributed by atoms with Crippen molar-refractivity contribution in [2.75, 3.05) is 13.0 Å². The second kappa shape index (κ2) is 5.56. The van der Waals surface area contributed by atoms with Gasteiger partial charge in [-0.2, -0.15) is 0 Å². The van der Waals surface area contributed by atoms with Gasteiger partial charge in [-0.1, -0.05) is 6.07 Å². The van der Waals surface area contributed by atoms with Gasteiger partial charge in [0.15, 0.2) is 0 Å². The fraction of sp³-hybridized carbons (Fsp3) is 0.400. The number of nitrogens with zero attached hydrogens (tertiary/aromatic N) is 1. The van der Waals surface area contributed by atoms with Crippen LogP contribution >= 0.6 is 11.6 Å². The second-order valence-corrected chi connectivity index (χ2v) is 3.29. The largest absolute Gasteiger partial charge is 0.481 e. The first-order chi connectivity index (χ1) is 7.17. The van der Waals surface area contributed by atoms with Crippen molar-refractivity contribution in [1.82, 2.24) is 10.3 Å². The summed E-state index contributed by atoms with van der Waals surface area (Å²) in [6, 6.07) is 5.22. The van der Waals surface area contributed by atoms with Gasteiger partial charge in [0, 0.05) is 6.07 Å². The van der Waals surface area contributed by atoms with Crippen LogP contribution in [0.1, 0.15) is 18.7 Å². The number of pyridine rings is 1. The number of hydrogen-bond donors (Lipinski definition) is 1. The van der Waals surface area contributed by atoms with Crippen LogP contribution in [-0.2, 0) is 4.79 Å². The van der Waals surface area contributed by atoms with Gasteiger partial charge in [-0.3, -0.25) is 4.79 Å². The zero-order valence-corrected chi connectivity index (χ0v) is 9.41. The molecule has 0 unspecified atom stereocenters. The number of ether oxygens (including phenoxy) is 1. The fourth-order valence-electron chi connectivity index (χ4n) is 1.14. The van der Waals surface area contributed by atoms with E-state index in [9.17, 15) is 4.79 Å². The van der Waals surface area contributed by atoms with Crippen LogP contribution in [0.4, 0.5) is 0 Å². The van der Waals surface area contributed by atoms with Crippen LogP contribution in [0.15, 0.2) is 18.2 Å². The van der Waals surface area contributed by atoms with Crippen molar-refractivity contribution in [3.8, 4) is 5.88 Å². The van der Waals surface area contributed by atoms with Gasteiger partial charge < -0.3 is 10.1 Å². The van der Waals surface area contributed by atoms with E-state index in [1.54, 1.807) is 13.2 Å². The third-order valence-electron chi connectivity index (χ3n) is 1.90. The summed E-state index contributed by atoms with van der Waals surface area (Å²) in [5, 5.41) is 2.71. The van der Waals surface area contributed by atoms with Gasteiger partial charge in [0.05, 0.1) is 18.8 Å². The lowest BCUT2D eigenvalue weighted by molar-refractivity contribution is -0.119. The maximum absolute atomic E-state index is 11.0. The van der Waals surface area contributed by atoms with Crippen molar-refractivity contribution in [1.29, 1.82) is 0 Å². The van der Waals surface area contributed by atoms with E-state index in [0.717, 1.165) is 5.69 Å². The standard InChI is InChI=1S/C10H13ClN2O2/c1-7(12-9(14)6-11)8-4-3-5-10(13-8)15-2/h3-5,7H,6H2,1-2H3,(H,12,14)/t7-/m0/s1. The van der Waals surface area contributed by atoms with Gasteiger partial charge in [0.2, 0.25) is 11.8 Å².